The third kappa shape index (κ3) is 3.74. The molecule has 114 valence electrons. The predicted octanol–water partition coefficient (Wildman–Crippen LogP) is 2.23. The van der Waals surface area contributed by atoms with Crippen LogP contribution in [0.3, 0.4) is 0 Å². The van der Waals surface area contributed by atoms with Gasteiger partial charge in [0.1, 0.15) is 4.90 Å². The standard InChI is InChI=1S/C13H20F2N2O2S/c1-3-4-5-6-17(2)20(18,19)12-8-10(9-16)7-11(14)13(12)15/h7-8H,3-6,9,16H2,1-2H3. The minimum absolute atomic E-state index is 0.0563. The second-order valence-electron chi connectivity index (χ2n) is 4.63. The third-order valence-corrected chi connectivity index (χ3v) is 4.91. The predicted molar refractivity (Wildman–Crippen MR) is 73.6 cm³/mol. The molecule has 0 fully saturated rings. The fraction of sp³-hybridized carbons (Fsp3) is 0.538. The summed E-state index contributed by atoms with van der Waals surface area (Å²) in [6, 6.07) is 2.00. The zero-order valence-corrected chi connectivity index (χ0v) is 12.5. The zero-order chi connectivity index (χ0) is 15.3. The molecule has 0 heterocycles. The van der Waals surface area contributed by atoms with Gasteiger partial charge < -0.3 is 5.73 Å². The van der Waals surface area contributed by atoms with E-state index in [0.29, 0.717) is 6.42 Å². The van der Waals surface area contributed by atoms with Crippen molar-refractivity contribution in [3.8, 4) is 0 Å². The van der Waals surface area contributed by atoms with E-state index in [9.17, 15) is 17.2 Å². The van der Waals surface area contributed by atoms with Crippen molar-refractivity contribution >= 4 is 10.0 Å². The molecule has 4 nitrogen and oxygen atoms in total. The van der Waals surface area contributed by atoms with Gasteiger partial charge in [-0.05, 0) is 24.1 Å². The Kier molecular flexibility index (Phi) is 6.04. The lowest BCUT2D eigenvalue weighted by Gasteiger charge is -2.18. The molecule has 0 bridgehead atoms. The highest BCUT2D eigenvalue weighted by molar-refractivity contribution is 7.89. The zero-order valence-electron chi connectivity index (χ0n) is 11.7. The van der Waals surface area contributed by atoms with Crippen molar-refractivity contribution in [3.63, 3.8) is 0 Å². The van der Waals surface area contributed by atoms with Crippen LogP contribution in [0.15, 0.2) is 17.0 Å². The van der Waals surface area contributed by atoms with Crippen molar-refractivity contribution in [1.29, 1.82) is 0 Å². The van der Waals surface area contributed by atoms with Crippen LogP contribution in [0.5, 0.6) is 0 Å². The van der Waals surface area contributed by atoms with Gasteiger partial charge in [0.25, 0.3) is 0 Å². The number of benzene rings is 1. The van der Waals surface area contributed by atoms with Crippen molar-refractivity contribution < 1.29 is 17.2 Å². The number of hydrogen-bond donors (Lipinski definition) is 1. The number of rotatable bonds is 7. The summed E-state index contributed by atoms with van der Waals surface area (Å²) >= 11 is 0. The van der Waals surface area contributed by atoms with Gasteiger partial charge in [0.05, 0.1) is 0 Å². The quantitative estimate of drug-likeness (QED) is 0.786. The van der Waals surface area contributed by atoms with E-state index in [4.69, 9.17) is 5.73 Å². The average molecular weight is 306 g/mol. The van der Waals surface area contributed by atoms with Crippen molar-refractivity contribution in [2.75, 3.05) is 13.6 Å². The Hall–Kier alpha value is -1.05. The minimum atomic E-state index is -4.04. The molecule has 0 atom stereocenters. The van der Waals surface area contributed by atoms with Crippen molar-refractivity contribution in [2.45, 2.75) is 37.6 Å². The maximum atomic E-state index is 13.7. The van der Waals surface area contributed by atoms with Gasteiger partial charge in [-0.3, -0.25) is 0 Å². The second kappa shape index (κ2) is 7.10. The van der Waals surface area contributed by atoms with Crippen LogP contribution >= 0.6 is 0 Å². The maximum absolute atomic E-state index is 13.7. The molecule has 0 aliphatic rings. The van der Waals surface area contributed by atoms with Crippen molar-refractivity contribution in [2.24, 2.45) is 5.73 Å². The van der Waals surface area contributed by atoms with Gasteiger partial charge in [-0.2, -0.15) is 0 Å². The maximum Gasteiger partial charge on any atom is 0.245 e. The SMILES string of the molecule is CCCCCN(C)S(=O)(=O)c1cc(CN)cc(F)c1F. The molecular formula is C13H20F2N2O2S. The summed E-state index contributed by atoms with van der Waals surface area (Å²) in [5.41, 5.74) is 5.60. The average Bonchev–Trinajstić information content (AvgIpc) is 2.41. The largest absolute Gasteiger partial charge is 0.326 e. The van der Waals surface area contributed by atoms with E-state index in [1.54, 1.807) is 0 Å². The molecule has 20 heavy (non-hydrogen) atoms. The molecule has 0 spiro atoms. The highest BCUT2D eigenvalue weighted by Gasteiger charge is 2.26. The van der Waals surface area contributed by atoms with Crippen LogP contribution in [0.1, 0.15) is 31.7 Å². The second-order valence-corrected chi connectivity index (χ2v) is 6.64. The fourth-order valence-electron chi connectivity index (χ4n) is 1.80. The number of nitrogens with zero attached hydrogens (tertiary/aromatic N) is 1. The molecule has 0 saturated carbocycles. The van der Waals surface area contributed by atoms with Gasteiger partial charge in [-0.1, -0.05) is 19.8 Å². The summed E-state index contributed by atoms with van der Waals surface area (Å²) in [6.45, 7) is 2.21. The smallest absolute Gasteiger partial charge is 0.245 e. The highest BCUT2D eigenvalue weighted by atomic mass is 32.2. The topological polar surface area (TPSA) is 63.4 Å². The highest BCUT2D eigenvalue weighted by Crippen LogP contribution is 2.22. The Labute approximate surface area is 118 Å². The summed E-state index contributed by atoms with van der Waals surface area (Å²) in [6.07, 6.45) is 2.49. The van der Waals surface area contributed by atoms with E-state index in [-0.39, 0.29) is 18.7 Å². The molecule has 0 aliphatic heterocycles. The van der Waals surface area contributed by atoms with Crippen LogP contribution in [0.2, 0.25) is 0 Å². The lowest BCUT2D eigenvalue weighted by atomic mass is 10.2. The van der Waals surface area contributed by atoms with Gasteiger partial charge in [0, 0.05) is 20.1 Å². The molecule has 1 aromatic carbocycles. The first-order chi connectivity index (χ1) is 9.34. The van der Waals surface area contributed by atoms with Crippen LogP contribution in [-0.4, -0.2) is 26.3 Å². The Bertz CT molecular complexity index is 562. The van der Waals surface area contributed by atoms with Gasteiger partial charge in [-0.25, -0.2) is 21.5 Å². The molecule has 7 heteroatoms. The number of hydrogen-bond acceptors (Lipinski definition) is 3. The van der Waals surface area contributed by atoms with E-state index in [2.05, 4.69) is 0 Å². The number of nitrogens with two attached hydrogens (primary N) is 1. The van der Waals surface area contributed by atoms with E-state index >= 15 is 0 Å². The van der Waals surface area contributed by atoms with Gasteiger partial charge in [0.2, 0.25) is 10.0 Å². The summed E-state index contributed by atoms with van der Waals surface area (Å²) < 4.78 is 52.7. The molecule has 0 aromatic heterocycles. The Morgan fingerprint density at radius 2 is 1.90 bits per heavy atom. The number of halogens is 2. The molecule has 1 aromatic rings. The number of sulfonamides is 1. The summed E-state index contributed by atoms with van der Waals surface area (Å²) in [5.74, 6) is -2.56. The monoisotopic (exact) mass is 306 g/mol. The lowest BCUT2D eigenvalue weighted by molar-refractivity contribution is 0.439. The lowest BCUT2D eigenvalue weighted by Crippen LogP contribution is -2.29. The fourth-order valence-corrected chi connectivity index (χ4v) is 3.12. The normalized spacial score (nSPS) is 12.1. The van der Waals surface area contributed by atoms with Crippen LogP contribution < -0.4 is 5.73 Å². The van der Waals surface area contributed by atoms with Crippen LogP contribution in [0, 0.1) is 11.6 Å². The minimum Gasteiger partial charge on any atom is -0.326 e. The molecule has 0 amide bonds. The van der Waals surface area contributed by atoms with Gasteiger partial charge in [-0.15, -0.1) is 0 Å². The first-order valence-electron chi connectivity index (χ1n) is 6.49. The summed E-state index contributed by atoms with van der Waals surface area (Å²) in [5, 5.41) is 0. The van der Waals surface area contributed by atoms with Crippen LogP contribution in [-0.2, 0) is 16.6 Å². The van der Waals surface area contributed by atoms with Crippen LogP contribution in [0.4, 0.5) is 8.78 Å². The Morgan fingerprint density at radius 1 is 1.25 bits per heavy atom. The molecule has 2 N–H and O–H groups in total. The third-order valence-electron chi connectivity index (χ3n) is 3.06. The van der Waals surface area contributed by atoms with Crippen molar-refractivity contribution in [1.82, 2.24) is 4.31 Å². The van der Waals surface area contributed by atoms with E-state index in [1.165, 1.54) is 7.05 Å². The Morgan fingerprint density at radius 3 is 2.45 bits per heavy atom. The van der Waals surface area contributed by atoms with E-state index in [1.807, 2.05) is 6.92 Å². The van der Waals surface area contributed by atoms with E-state index < -0.39 is 26.6 Å². The molecular weight excluding hydrogens is 286 g/mol. The molecule has 0 radical (unpaired) electrons. The molecule has 0 saturated heterocycles. The van der Waals surface area contributed by atoms with Crippen molar-refractivity contribution in [3.05, 3.63) is 29.3 Å². The molecule has 1 rings (SSSR count). The van der Waals surface area contributed by atoms with Gasteiger partial charge >= 0.3 is 0 Å². The Balaban J connectivity index is 3.11. The first-order valence-corrected chi connectivity index (χ1v) is 7.93. The van der Waals surface area contributed by atoms with E-state index in [0.717, 1.165) is 29.3 Å². The van der Waals surface area contributed by atoms with Gasteiger partial charge in [0.15, 0.2) is 11.6 Å². The molecule has 0 aliphatic carbocycles. The summed E-state index contributed by atoms with van der Waals surface area (Å²) in [4.78, 5) is -0.656. The first kappa shape index (κ1) is 17.0. The summed E-state index contributed by atoms with van der Waals surface area (Å²) in [7, 11) is -2.68. The van der Waals surface area contributed by atoms with Crippen LogP contribution in [0.25, 0.3) is 0 Å². The number of unbranched alkanes of at least 4 members (excludes halogenated alkanes) is 2. The molecule has 0 unspecified atom stereocenters.